The maximum Gasteiger partial charge on any atom is 0.303 e. The molecule has 0 spiro atoms. The van der Waals surface area contributed by atoms with Crippen molar-refractivity contribution in [3.63, 3.8) is 0 Å². The first-order valence-corrected chi connectivity index (χ1v) is 7.01. The van der Waals surface area contributed by atoms with Crippen molar-refractivity contribution in [1.29, 1.82) is 0 Å². The summed E-state index contributed by atoms with van der Waals surface area (Å²) in [6.07, 6.45) is 8.58. The predicted molar refractivity (Wildman–Crippen MR) is 81.6 cm³/mol. The Morgan fingerprint density at radius 2 is 2.33 bits per heavy atom. The monoisotopic (exact) mass is 285 g/mol. The van der Waals surface area contributed by atoms with Crippen LogP contribution in [-0.2, 0) is 16.0 Å². The maximum absolute atomic E-state index is 10.5. The largest absolute Gasteiger partial charge is 0.481 e. The quantitative estimate of drug-likeness (QED) is 0.595. The van der Waals surface area contributed by atoms with Crippen molar-refractivity contribution in [2.75, 3.05) is 13.2 Å². The first-order valence-electron chi connectivity index (χ1n) is 7.01. The topological polar surface area (TPSA) is 58.6 Å². The molecule has 0 heterocycles. The molecule has 0 fully saturated rings. The molecule has 1 aliphatic carbocycles. The molecule has 4 nitrogen and oxygen atoms in total. The molecule has 2 rings (SSSR count). The van der Waals surface area contributed by atoms with Gasteiger partial charge < -0.3 is 15.2 Å². The molecule has 0 unspecified atom stereocenters. The zero-order chi connectivity index (χ0) is 15.1. The summed E-state index contributed by atoms with van der Waals surface area (Å²) in [7, 11) is 0. The summed E-state index contributed by atoms with van der Waals surface area (Å²) in [5.41, 5.74) is 3.50. The molecule has 2 N–H and O–H groups in total. The molecule has 0 bridgehead atoms. The van der Waals surface area contributed by atoms with E-state index in [0.717, 1.165) is 12.0 Å². The van der Waals surface area contributed by atoms with Gasteiger partial charge in [0.25, 0.3) is 0 Å². The third-order valence-electron chi connectivity index (χ3n) is 3.40. The summed E-state index contributed by atoms with van der Waals surface area (Å²) >= 11 is 0. The number of benzene rings is 1. The summed E-state index contributed by atoms with van der Waals surface area (Å²) in [6, 6.07) is 8.17. The number of carbonyl (C=O) groups is 1. The van der Waals surface area contributed by atoms with E-state index in [1.807, 2.05) is 18.3 Å². The first kappa shape index (κ1) is 15.1. The van der Waals surface area contributed by atoms with E-state index in [9.17, 15) is 4.79 Å². The van der Waals surface area contributed by atoms with E-state index < -0.39 is 5.97 Å². The van der Waals surface area contributed by atoms with Gasteiger partial charge in [-0.1, -0.05) is 30.2 Å². The number of rotatable bonds is 7. The second-order valence-corrected chi connectivity index (χ2v) is 4.90. The fraction of sp³-hybridized carbons (Fsp3) is 0.353. The summed E-state index contributed by atoms with van der Waals surface area (Å²) in [4.78, 5) is 10.5. The first-order chi connectivity index (χ1) is 10.2. The van der Waals surface area contributed by atoms with Gasteiger partial charge >= 0.3 is 5.97 Å². The van der Waals surface area contributed by atoms with Gasteiger partial charge in [-0.3, -0.25) is 4.79 Å². The lowest BCUT2D eigenvalue weighted by Crippen LogP contribution is -2.16. The molecule has 0 amide bonds. The van der Waals surface area contributed by atoms with Gasteiger partial charge in [-0.25, -0.2) is 0 Å². The molecular formula is C17H19NO3. The third-order valence-corrected chi connectivity index (χ3v) is 3.40. The van der Waals surface area contributed by atoms with Crippen LogP contribution in [0.5, 0.6) is 0 Å². The molecule has 21 heavy (non-hydrogen) atoms. The molecule has 0 aliphatic heterocycles. The van der Waals surface area contributed by atoms with Crippen LogP contribution in [-0.4, -0.2) is 30.3 Å². The van der Waals surface area contributed by atoms with Crippen LogP contribution in [0.15, 0.2) is 30.5 Å². The van der Waals surface area contributed by atoms with E-state index in [-0.39, 0.29) is 12.5 Å². The van der Waals surface area contributed by atoms with Gasteiger partial charge in [-0.15, -0.1) is 6.42 Å². The van der Waals surface area contributed by atoms with E-state index >= 15 is 0 Å². The number of carboxylic acids is 1. The maximum atomic E-state index is 10.5. The molecular weight excluding hydrogens is 266 g/mol. The van der Waals surface area contributed by atoms with Crippen LogP contribution in [0.3, 0.4) is 0 Å². The Labute approximate surface area is 124 Å². The highest BCUT2D eigenvalue weighted by molar-refractivity contribution is 5.75. The highest BCUT2D eigenvalue weighted by Crippen LogP contribution is 2.33. The zero-order valence-electron chi connectivity index (χ0n) is 11.8. The Balaban J connectivity index is 2.01. The highest BCUT2D eigenvalue weighted by Gasteiger charge is 2.27. The third kappa shape index (κ3) is 4.11. The molecule has 110 valence electrons. The Morgan fingerprint density at radius 3 is 3.10 bits per heavy atom. The zero-order valence-corrected chi connectivity index (χ0v) is 11.8. The van der Waals surface area contributed by atoms with Crippen molar-refractivity contribution in [3.8, 4) is 12.3 Å². The van der Waals surface area contributed by atoms with Gasteiger partial charge in [-0.05, 0) is 17.5 Å². The minimum absolute atomic E-state index is 0.0403. The number of carboxylic acid groups (broad SMARTS) is 1. The van der Waals surface area contributed by atoms with E-state index in [2.05, 4.69) is 23.4 Å². The standard InChI is InChI=1S/C17H19NO3/c1-2-9-18-12-15-14-7-4-3-6-13(14)11-16(15)21-10-5-8-17(19)20/h1,3-4,6-7,12,16,18H,5,8-11H2,(H,19,20)/t16-/m1/s1. The van der Waals surface area contributed by atoms with Crippen molar-refractivity contribution in [1.82, 2.24) is 5.32 Å². The van der Waals surface area contributed by atoms with Gasteiger partial charge in [0.15, 0.2) is 0 Å². The van der Waals surface area contributed by atoms with Crippen LogP contribution < -0.4 is 5.32 Å². The molecule has 1 atom stereocenters. The molecule has 0 saturated heterocycles. The summed E-state index contributed by atoms with van der Waals surface area (Å²) in [5.74, 6) is 1.74. The molecule has 4 heteroatoms. The minimum Gasteiger partial charge on any atom is -0.481 e. The van der Waals surface area contributed by atoms with E-state index in [4.69, 9.17) is 16.3 Å². The number of fused-ring (bicyclic) bond motifs is 1. The minimum atomic E-state index is -0.792. The molecule has 0 radical (unpaired) electrons. The Bertz CT molecular complexity index is 572. The number of hydrogen-bond acceptors (Lipinski definition) is 3. The Hall–Kier alpha value is -2.25. The van der Waals surface area contributed by atoms with E-state index in [0.29, 0.717) is 19.6 Å². The smallest absolute Gasteiger partial charge is 0.303 e. The Morgan fingerprint density at radius 1 is 1.52 bits per heavy atom. The normalized spacial score (nSPS) is 18.2. The van der Waals surface area contributed by atoms with E-state index in [1.165, 1.54) is 11.1 Å². The van der Waals surface area contributed by atoms with Crippen molar-refractivity contribution < 1.29 is 14.6 Å². The highest BCUT2D eigenvalue weighted by atomic mass is 16.5. The van der Waals surface area contributed by atoms with Crippen molar-refractivity contribution in [2.45, 2.75) is 25.4 Å². The van der Waals surface area contributed by atoms with Crippen molar-refractivity contribution in [3.05, 3.63) is 41.6 Å². The van der Waals surface area contributed by atoms with Gasteiger partial charge in [-0.2, -0.15) is 0 Å². The molecule has 1 aromatic rings. The van der Waals surface area contributed by atoms with Crippen LogP contribution in [0.25, 0.3) is 5.57 Å². The number of terminal acetylenes is 1. The van der Waals surface area contributed by atoms with Gasteiger partial charge in [0.05, 0.1) is 12.6 Å². The van der Waals surface area contributed by atoms with Crippen LogP contribution in [0.2, 0.25) is 0 Å². The lowest BCUT2D eigenvalue weighted by molar-refractivity contribution is -0.137. The lowest BCUT2D eigenvalue weighted by atomic mass is 10.1. The molecule has 0 aromatic heterocycles. The van der Waals surface area contributed by atoms with Gasteiger partial charge in [0.2, 0.25) is 0 Å². The number of ether oxygens (including phenoxy) is 1. The fourth-order valence-corrected chi connectivity index (χ4v) is 2.45. The van der Waals surface area contributed by atoms with Crippen LogP contribution in [0.4, 0.5) is 0 Å². The number of hydrogen-bond donors (Lipinski definition) is 2. The van der Waals surface area contributed by atoms with Crippen LogP contribution in [0.1, 0.15) is 24.0 Å². The number of aliphatic carboxylic acids is 1. The van der Waals surface area contributed by atoms with E-state index in [1.54, 1.807) is 0 Å². The van der Waals surface area contributed by atoms with Crippen molar-refractivity contribution >= 4 is 11.5 Å². The average molecular weight is 285 g/mol. The number of nitrogens with one attached hydrogen (secondary N) is 1. The SMILES string of the molecule is C#CCNC=C1c2ccccc2C[C@H]1OCCCC(=O)O. The summed E-state index contributed by atoms with van der Waals surface area (Å²) < 4.78 is 5.86. The van der Waals surface area contributed by atoms with Gasteiger partial charge in [0.1, 0.15) is 0 Å². The summed E-state index contributed by atoms with van der Waals surface area (Å²) in [5, 5.41) is 11.7. The lowest BCUT2D eigenvalue weighted by Gasteiger charge is -2.14. The molecule has 1 aliphatic rings. The second-order valence-electron chi connectivity index (χ2n) is 4.90. The van der Waals surface area contributed by atoms with Crippen molar-refractivity contribution in [2.24, 2.45) is 0 Å². The molecule has 1 aromatic carbocycles. The summed E-state index contributed by atoms with van der Waals surface area (Å²) in [6.45, 7) is 0.912. The predicted octanol–water partition coefficient (Wildman–Crippen LogP) is 2.06. The van der Waals surface area contributed by atoms with Gasteiger partial charge in [0, 0.05) is 31.2 Å². The average Bonchev–Trinajstić information content (AvgIpc) is 2.82. The van der Waals surface area contributed by atoms with Crippen LogP contribution >= 0.6 is 0 Å². The Kier molecular flexibility index (Phi) is 5.42. The molecule has 0 saturated carbocycles. The second kappa shape index (κ2) is 7.51. The fourth-order valence-electron chi connectivity index (χ4n) is 2.45. The van der Waals surface area contributed by atoms with Crippen LogP contribution in [0, 0.1) is 12.3 Å².